The number of thioether (sulfide) groups is 1. The quantitative estimate of drug-likeness (QED) is 0.443. The summed E-state index contributed by atoms with van der Waals surface area (Å²) >= 11 is 1.58. The molecule has 0 aliphatic rings. The van der Waals surface area contributed by atoms with Gasteiger partial charge in [-0.3, -0.25) is 0 Å². The maximum atomic E-state index is 11.7. The summed E-state index contributed by atoms with van der Waals surface area (Å²) in [5, 5.41) is 0.934. The number of carbonyl (C=O) groups is 1. The molecule has 1 rings (SSSR count). The fraction of sp³-hybridized carbons (Fsp3) is 0.538. The fourth-order valence-corrected chi connectivity index (χ4v) is 2.37. The molecule has 0 aromatic carbocycles. The van der Waals surface area contributed by atoms with E-state index in [4.69, 9.17) is 4.74 Å². The molecule has 4 heteroatoms. The highest BCUT2D eigenvalue weighted by Gasteiger charge is 2.15. The molecule has 0 spiro atoms. The Hall–Kier alpha value is -1.03. The van der Waals surface area contributed by atoms with E-state index in [0.717, 1.165) is 23.4 Å². The van der Waals surface area contributed by atoms with Gasteiger partial charge in [-0.25, -0.2) is 9.78 Å². The van der Waals surface area contributed by atoms with Gasteiger partial charge in [0.05, 0.1) is 17.7 Å². The SMILES string of the molecule is CCCCCc1c(C(=O)OC)ccnc1SC. The number of rotatable bonds is 6. The number of pyridine rings is 1. The highest BCUT2D eigenvalue weighted by molar-refractivity contribution is 7.98. The van der Waals surface area contributed by atoms with E-state index in [2.05, 4.69) is 11.9 Å². The van der Waals surface area contributed by atoms with Gasteiger partial charge >= 0.3 is 5.97 Å². The lowest BCUT2D eigenvalue weighted by molar-refractivity contribution is 0.0599. The predicted octanol–water partition coefficient (Wildman–Crippen LogP) is 3.32. The van der Waals surface area contributed by atoms with Crippen LogP contribution in [-0.2, 0) is 11.2 Å². The summed E-state index contributed by atoms with van der Waals surface area (Å²) < 4.78 is 4.81. The van der Waals surface area contributed by atoms with Gasteiger partial charge in [-0.15, -0.1) is 11.8 Å². The van der Waals surface area contributed by atoms with Crippen molar-refractivity contribution >= 4 is 17.7 Å². The number of methoxy groups -OCH3 is 1. The zero-order chi connectivity index (χ0) is 12.7. The number of nitrogens with zero attached hydrogens (tertiary/aromatic N) is 1. The van der Waals surface area contributed by atoms with Gasteiger partial charge < -0.3 is 4.74 Å². The molecule has 0 saturated carbocycles. The highest BCUT2D eigenvalue weighted by atomic mass is 32.2. The van der Waals surface area contributed by atoms with Crippen LogP contribution in [0.5, 0.6) is 0 Å². The van der Waals surface area contributed by atoms with E-state index < -0.39 is 0 Å². The van der Waals surface area contributed by atoms with Crippen molar-refractivity contribution in [2.75, 3.05) is 13.4 Å². The topological polar surface area (TPSA) is 39.2 Å². The Morgan fingerprint density at radius 2 is 2.24 bits per heavy atom. The van der Waals surface area contributed by atoms with Crippen LogP contribution in [0.4, 0.5) is 0 Å². The van der Waals surface area contributed by atoms with Gasteiger partial charge in [-0.05, 0) is 30.7 Å². The van der Waals surface area contributed by atoms with Gasteiger partial charge in [0.15, 0.2) is 0 Å². The second-order valence-corrected chi connectivity index (χ2v) is 4.59. The Morgan fingerprint density at radius 3 is 2.82 bits per heavy atom. The summed E-state index contributed by atoms with van der Waals surface area (Å²) in [7, 11) is 1.41. The van der Waals surface area contributed by atoms with E-state index in [1.165, 1.54) is 20.0 Å². The molecular weight excluding hydrogens is 234 g/mol. The van der Waals surface area contributed by atoms with Crippen LogP contribution in [0.15, 0.2) is 17.3 Å². The first kappa shape index (κ1) is 14.0. The molecule has 1 aromatic heterocycles. The van der Waals surface area contributed by atoms with Crippen molar-refractivity contribution in [1.29, 1.82) is 0 Å². The minimum absolute atomic E-state index is 0.269. The molecule has 17 heavy (non-hydrogen) atoms. The van der Waals surface area contributed by atoms with Gasteiger partial charge in [0.2, 0.25) is 0 Å². The largest absolute Gasteiger partial charge is 0.465 e. The molecule has 0 atom stereocenters. The lowest BCUT2D eigenvalue weighted by Gasteiger charge is -2.10. The molecule has 0 aliphatic carbocycles. The Balaban J connectivity index is 2.98. The average molecular weight is 253 g/mol. The summed E-state index contributed by atoms with van der Waals surface area (Å²) in [5.74, 6) is -0.269. The summed E-state index contributed by atoms with van der Waals surface area (Å²) in [6.07, 6.45) is 7.96. The maximum Gasteiger partial charge on any atom is 0.338 e. The Morgan fingerprint density at radius 1 is 1.47 bits per heavy atom. The first-order valence-corrected chi connectivity index (χ1v) is 7.07. The summed E-state index contributed by atoms with van der Waals surface area (Å²) in [5.41, 5.74) is 1.68. The van der Waals surface area contributed by atoms with Crippen LogP contribution in [-0.4, -0.2) is 24.3 Å². The summed E-state index contributed by atoms with van der Waals surface area (Å²) in [4.78, 5) is 16.0. The molecule has 0 bridgehead atoms. The molecule has 1 aromatic rings. The van der Waals surface area contributed by atoms with E-state index in [9.17, 15) is 4.79 Å². The Kier molecular flexibility index (Phi) is 6.05. The Labute approximate surface area is 107 Å². The third-order valence-electron chi connectivity index (χ3n) is 2.65. The van der Waals surface area contributed by atoms with Crippen LogP contribution in [0, 0.1) is 0 Å². The highest BCUT2D eigenvalue weighted by Crippen LogP contribution is 2.23. The van der Waals surface area contributed by atoms with Crippen molar-refractivity contribution in [2.24, 2.45) is 0 Å². The normalized spacial score (nSPS) is 10.3. The lowest BCUT2D eigenvalue weighted by Crippen LogP contribution is -2.08. The second-order valence-electron chi connectivity index (χ2n) is 3.80. The van der Waals surface area contributed by atoms with E-state index in [1.54, 1.807) is 24.0 Å². The first-order chi connectivity index (χ1) is 8.24. The molecule has 1 heterocycles. The van der Waals surface area contributed by atoms with Crippen LogP contribution in [0.1, 0.15) is 42.1 Å². The molecule has 0 radical (unpaired) electrons. The molecule has 3 nitrogen and oxygen atoms in total. The van der Waals surface area contributed by atoms with Gasteiger partial charge in [-0.1, -0.05) is 19.8 Å². The Bertz CT molecular complexity index is 380. The van der Waals surface area contributed by atoms with Crippen molar-refractivity contribution in [3.05, 3.63) is 23.4 Å². The number of carbonyl (C=O) groups excluding carboxylic acids is 1. The van der Waals surface area contributed by atoms with Crippen molar-refractivity contribution in [2.45, 2.75) is 37.6 Å². The number of ether oxygens (including phenoxy) is 1. The van der Waals surface area contributed by atoms with Gasteiger partial charge in [0.1, 0.15) is 0 Å². The number of hydrogen-bond acceptors (Lipinski definition) is 4. The molecule has 0 saturated heterocycles. The van der Waals surface area contributed by atoms with Gasteiger partial charge in [0.25, 0.3) is 0 Å². The van der Waals surface area contributed by atoms with Crippen molar-refractivity contribution in [1.82, 2.24) is 4.98 Å². The lowest BCUT2D eigenvalue weighted by atomic mass is 10.0. The average Bonchev–Trinajstić information content (AvgIpc) is 2.38. The van der Waals surface area contributed by atoms with E-state index in [1.807, 2.05) is 6.26 Å². The van der Waals surface area contributed by atoms with Crippen LogP contribution in [0.25, 0.3) is 0 Å². The standard InChI is InChI=1S/C13H19NO2S/c1-4-5-6-7-10-11(13(15)16-2)8-9-14-12(10)17-3/h8-9H,4-7H2,1-3H3. The van der Waals surface area contributed by atoms with Crippen molar-refractivity contribution in [3.63, 3.8) is 0 Å². The monoisotopic (exact) mass is 253 g/mol. The van der Waals surface area contributed by atoms with Crippen molar-refractivity contribution < 1.29 is 9.53 Å². The number of unbranched alkanes of at least 4 members (excludes halogenated alkanes) is 2. The summed E-state index contributed by atoms with van der Waals surface area (Å²) in [6.45, 7) is 2.17. The van der Waals surface area contributed by atoms with Crippen LogP contribution < -0.4 is 0 Å². The van der Waals surface area contributed by atoms with Gasteiger partial charge in [-0.2, -0.15) is 0 Å². The minimum atomic E-state index is -0.269. The molecule has 0 amide bonds. The second kappa shape index (κ2) is 7.33. The fourth-order valence-electron chi connectivity index (χ4n) is 1.74. The van der Waals surface area contributed by atoms with Gasteiger partial charge in [0, 0.05) is 6.20 Å². The van der Waals surface area contributed by atoms with Crippen molar-refractivity contribution in [3.8, 4) is 0 Å². The van der Waals surface area contributed by atoms with Crippen LogP contribution >= 0.6 is 11.8 Å². The summed E-state index contributed by atoms with van der Waals surface area (Å²) in [6, 6.07) is 1.74. The minimum Gasteiger partial charge on any atom is -0.465 e. The van der Waals surface area contributed by atoms with Crippen LogP contribution in [0.2, 0.25) is 0 Å². The predicted molar refractivity (Wildman–Crippen MR) is 70.6 cm³/mol. The smallest absolute Gasteiger partial charge is 0.338 e. The zero-order valence-electron chi connectivity index (χ0n) is 10.7. The van der Waals surface area contributed by atoms with E-state index >= 15 is 0 Å². The van der Waals surface area contributed by atoms with Crippen LogP contribution in [0.3, 0.4) is 0 Å². The van der Waals surface area contributed by atoms with E-state index in [0.29, 0.717) is 5.56 Å². The third-order valence-corrected chi connectivity index (χ3v) is 3.38. The molecule has 0 fully saturated rings. The zero-order valence-corrected chi connectivity index (χ0v) is 11.5. The molecule has 0 aliphatic heterocycles. The molecule has 0 unspecified atom stereocenters. The number of aromatic nitrogens is 1. The third kappa shape index (κ3) is 3.73. The number of esters is 1. The maximum absolute atomic E-state index is 11.7. The molecule has 0 N–H and O–H groups in total. The first-order valence-electron chi connectivity index (χ1n) is 5.84. The van der Waals surface area contributed by atoms with E-state index in [-0.39, 0.29) is 5.97 Å². The number of hydrogen-bond donors (Lipinski definition) is 0. The molecular formula is C13H19NO2S. The molecule has 94 valence electrons.